The Hall–Kier alpha value is -2.35. The molecule has 1 fully saturated rings. The summed E-state index contributed by atoms with van der Waals surface area (Å²) in [7, 11) is 0. The Balaban J connectivity index is 1.44. The molecule has 3 N–H and O–H groups in total. The third-order valence-corrected chi connectivity index (χ3v) is 3.67. The first-order valence-electron chi connectivity index (χ1n) is 7.46. The van der Waals surface area contributed by atoms with E-state index in [-0.39, 0.29) is 6.03 Å². The van der Waals surface area contributed by atoms with Crippen LogP contribution in [-0.4, -0.2) is 45.8 Å². The van der Waals surface area contributed by atoms with E-state index in [1.54, 1.807) is 6.20 Å². The van der Waals surface area contributed by atoms with Gasteiger partial charge in [-0.05, 0) is 24.8 Å². The van der Waals surface area contributed by atoms with E-state index < -0.39 is 0 Å². The molecule has 1 saturated heterocycles. The summed E-state index contributed by atoms with van der Waals surface area (Å²) in [6.07, 6.45) is 8.11. The number of nitrogens with one attached hydrogen (secondary N) is 3. The Labute approximate surface area is 128 Å². The molecule has 0 aliphatic carbocycles. The molecule has 0 radical (unpaired) electrons. The zero-order valence-electron chi connectivity index (χ0n) is 12.3. The topological polar surface area (TPSA) is 96.9 Å². The molecule has 3 heterocycles. The summed E-state index contributed by atoms with van der Waals surface area (Å²) < 4.78 is 7.25. The number of nitrogens with zero attached hydrogens (tertiary/aromatic N) is 3. The highest BCUT2D eigenvalue weighted by molar-refractivity contribution is 5.88. The van der Waals surface area contributed by atoms with Crippen molar-refractivity contribution >= 4 is 11.8 Å². The van der Waals surface area contributed by atoms with Crippen molar-refractivity contribution in [1.29, 1.82) is 0 Å². The molecular formula is C14H20N6O2. The van der Waals surface area contributed by atoms with Crippen LogP contribution < -0.4 is 10.6 Å². The molecule has 0 bridgehead atoms. The Morgan fingerprint density at radius 1 is 1.45 bits per heavy atom. The number of hydrogen-bond donors (Lipinski definition) is 3. The summed E-state index contributed by atoms with van der Waals surface area (Å²) >= 11 is 0. The summed E-state index contributed by atoms with van der Waals surface area (Å²) in [4.78, 5) is 11.8. The molecular weight excluding hydrogens is 284 g/mol. The van der Waals surface area contributed by atoms with Gasteiger partial charge in [-0.15, -0.1) is 0 Å². The van der Waals surface area contributed by atoms with Crippen LogP contribution in [0.25, 0.3) is 0 Å². The quantitative estimate of drug-likeness (QED) is 0.776. The minimum Gasteiger partial charge on any atom is -0.381 e. The summed E-state index contributed by atoms with van der Waals surface area (Å²) in [6.45, 7) is 2.08. The Kier molecular flexibility index (Phi) is 4.69. The van der Waals surface area contributed by atoms with E-state index in [0.29, 0.717) is 18.4 Å². The van der Waals surface area contributed by atoms with Crippen molar-refractivity contribution in [3.05, 3.63) is 30.2 Å². The van der Waals surface area contributed by atoms with Crippen molar-refractivity contribution in [3.8, 4) is 0 Å². The number of aromatic amines is 1. The van der Waals surface area contributed by atoms with Crippen LogP contribution in [0.2, 0.25) is 0 Å². The van der Waals surface area contributed by atoms with Gasteiger partial charge in [0.2, 0.25) is 0 Å². The van der Waals surface area contributed by atoms with Crippen LogP contribution >= 0.6 is 0 Å². The second-order valence-corrected chi connectivity index (χ2v) is 5.26. The molecule has 0 unspecified atom stereocenters. The molecule has 2 amide bonds. The van der Waals surface area contributed by atoms with Crippen LogP contribution in [-0.2, 0) is 11.2 Å². The molecule has 0 saturated carbocycles. The molecule has 0 spiro atoms. The van der Waals surface area contributed by atoms with Gasteiger partial charge >= 0.3 is 6.03 Å². The number of urea groups is 1. The second-order valence-electron chi connectivity index (χ2n) is 5.26. The van der Waals surface area contributed by atoms with Crippen molar-refractivity contribution < 1.29 is 9.53 Å². The average Bonchev–Trinajstić information content (AvgIpc) is 3.20. The van der Waals surface area contributed by atoms with E-state index in [1.807, 2.05) is 23.1 Å². The Morgan fingerprint density at radius 3 is 3.09 bits per heavy atom. The highest BCUT2D eigenvalue weighted by Gasteiger charge is 2.16. The second kappa shape index (κ2) is 7.08. The van der Waals surface area contributed by atoms with E-state index in [0.717, 1.165) is 38.0 Å². The molecule has 0 aromatic carbocycles. The number of hydrogen-bond acceptors (Lipinski definition) is 4. The molecule has 118 valence electrons. The molecule has 1 aliphatic rings. The van der Waals surface area contributed by atoms with Crippen LogP contribution in [0.5, 0.6) is 0 Å². The fraction of sp³-hybridized carbons (Fsp3) is 0.500. The van der Waals surface area contributed by atoms with Crippen LogP contribution in [0.1, 0.15) is 24.4 Å². The minimum atomic E-state index is -0.249. The van der Waals surface area contributed by atoms with E-state index in [2.05, 4.69) is 25.9 Å². The SMILES string of the molecule is O=C(NCCc1cn[nH]c1)Nc1ccn(C2CCOCC2)n1. The van der Waals surface area contributed by atoms with Gasteiger partial charge in [-0.2, -0.15) is 10.2 Å². The highest BCUT2D eigenvalue weighted by atomic mass is 16.5. The van der Waals surface area contributed by atoms with Gasteiger partial charge in [0, 0.05) is 38.2 Å². The Morgan fingerprint density at radius 2 is 2.32 bits per heavy atom. The first kappa shape index (κ1) is 14.6. The van der Waals surface area contributed by atoms with Gasteiger partial charge in [-0.1, -0.05) is 0 Å². The van der Waals surface area contributed by atoms with Gasteiger partial charge in [0.1, 0.15) is 0 Å². The maximum absolute atomic E-state index is 11.8. The van der Waals surface area contributed by atoms with Gasteiger partial charge in [0.05, 0.1) is 12.2 Å². The summed E-state index contributed by atoms with van der Waals surface area (Å²) in [6, 6.07) is 1.92. The van der Waals surface area contributed by atoms with Gasteiger partial charge in [-0.3, -0.25) is 15.1 Å². The molecule has 2 aromatic rings. The van der Waals surface area contributed by atoms with Crippen molar-refractivity contribution in [2.75, 3.05) is 25.1 Å². The predicted octanol–water partition coefficient (Wildman–Crippen LogP) is 1.32. The van der Waals surface area contributed by atoms with Gasteiger partial charge in [0.15, 0.2) is 5.82 Å². The number of H-pyrrole nitrogens is 1. The van der Waals surface area contributed by atoms with Crippen LogP contribution in [0.4, 0.5) is 10.6 Å². The number of carbonyl (C=O) groups excluding carboxylic acids is 1. The fourth-order valence-electron chi connectivity index (χ4n) is 2.45. The number of aromatic nitrogens is 4. The van der Waals surface area contributed by atoms with E-state index in [9.17, 15) is 4.79 Å². The highest BCUT2D eigenvalue weighted by Crippen LogP contribution is 2.20. The van der Waals surface area contributed by atoms with E-state index >= 15 is 0 Å². The number of anilines is 1. The number of rotatable bonds is 5. The lowest BCUT2D eigenvalue weighted by Crippen LogP contribution is -2.30. The molecule has 8 heteroatoms. The first-order chi connectivity index (χ1) is 10.8. The summed E-state index contributed by atoms with van der Waals surface area (Å²) in [5, 5.41) is 16.5. The lowest BCUT2D eigenvalue weighted by atomic mass is 10.1. The molecule has 22 heavy (non-hydrogen) atoms. The van der Waals surface area contributed by atoms with Crippen molar-refractivity contribution in [2.45, 2.75) is 25.3 Å². The maximum Gasteiger partial charge on any atom is 0.320 e. The third kappa shape index (κ3) is 3.85. The molecule has 1 aliphatic heterocycles. The van der Waals surface area contributed by atoms with Gasteiger partial charge in [-0.25, -0.2) is 4.79 Å². The Bertz CT molecular complexity index is 588. The lowest BCUT2D eigenvalue weighted by Gasteiger charge is -2.22. The first-order valence-corrected chi connectivity index (χ1v) is 7.46. The van der Waals surface area contributed by atoms with Crippen molar-refractivity contribution in [1.82, 2.24) is 25.3 Å². The molecule has 0 atom stereocenters. The van der Waals surface area contributed by atoms with Crippen molar-refractivity contribution in [2.24, 2.45) is 0 Å². The largest absolute Gasteiger partial charge is 0.381 e. The lowest BCUT2D eigenvalue weighted by molar-refractivity contribution is 0.0663. The normalized spacial score (nSPS) is 15.6. The fourth-order valence-corrected chi connectivity index (χ4v) is 2.45. The monoisotopic (exact) mass is 304 g/mol. The number of carbonyl (C=O) groups is 1. The van der Waals surface area contributed by atoms with Crippen LogP contribution in [0, 0.1) is 0 Å². The van der Waals surface area contributed by atoms with E-state index in [1.165, 1.54) is 0 Å². The zero-order valence-corrected chi connectivity index (χ0v) is 12.3. The molecule has 8 nitrogen and oxygen atoms in total. The van der Waals surface area contributed by atoms with Crippen LogP contribution in [0.15, 0.2) is 24.7 Å². The minimum absolute atomic E-state index is 0.249. The third-order valence-electron chi connectivity index (χ3n) is 3.67. The zero-order chi connectivity index (χ0) is 15.2. The molecule has 3 rings (SSSR count). The van der Waals surface area contributed by atoms with Crippen molar-refractivity contribution in [3.63, 3.8) is 0 Å². The van der Waals surface area contributed by atoms with Crippen LogP contribution in [0.3, 0.4) is 0 Å². The predicted molar refractivity (Wildman–Crippen MR) is 80.6 cm³/mol. The summed E-state index contributed by atoms with van der Waals surface area (Å²) in [5.41, 5.74) is 1.06. The molecule has 2 aromatic heterocycles. The summed E-state index contributed by atoms with van der Waals surface area (Å²) in [5.74, 6) is 0.562. The van der Waals surface area contributed by atoms with E-state index in [4.69, 9.17) is 4.74 Å². The number of amides is 2. The average molecular weight is 304 g/mol. The number of ether oxygens (including phenoxy) is 1. The standard InChI is InChI=1S/C14H20N6O2/c21-14(15-5-1-11-9-16-17-10-11)18-13-2-6-20(19-13)12-3-7-22-8-4-12/h2,6,9-10,12H,1,3-5,7-8H2,(H,16,17)(H2,15,18,19,21). The van der Waals surface area contributed by atoms with Gasteiger partial charge < -0.3 is 10.1 Å². The maximum atomic E-state index is 11.8. The smallest absolute Gasteiger partial charge is 0.320 e. The van der Waals surface area contributed by atoms with Gasteiger partial charge in [0.25, 0.3) is 0 Å².